The molecule has 0 unspecified atom stereocenters. The second kappa shape index (κ2) is 12.6. The third kappa shape index (κ3) is 5.60. The minimum absolute atomic E-state index is 0.0483. The maximum absolute atomic E-state index is 13.3. The molecule has 0 N–H and O–H groups in total. The number of rotatable bonds is 7. The zero-order valence-corrected chi connectivity index (χ0v) is 31.7. The average Bonchev–Trinajstić information content (AvgIpc) is 3.93. The van der Waals surface area contributed by atoms with E-state index in [0.717, 1.165) is 45.7 Å². The van der Waals surface area contributed by atoms with Crippen LogP contribution in [0.3, 0.4) is 0 Å². The molecule has 9 heteroatoms. The number of fused-ring (bicyclic) bond motifs is 4. The smallest absolute Gasteiger partial charge is 0.459 e. The summed E-state index contributed by atoms with van der Waals surface area (Å²) < 4.78 is 34.3. The van der Waals surface area contributed by atoms with E-state index in [2.05, 4.69) is 56.5 Å². The Morgan fingerprint density at radius 2 is 1.57 bits per heavy atom. The molecule has 2 aliphatic heterocycles. The lowest BCUT2D eigenvalue weighted by Crippen LogP contribution is -2.52. The SMILES string of the molecule is Cc1ccc(C(=O)OC[C@H]2O[C@@H](n3ccc4cc(B5O[C@H]6C[C@@]78C[C@H](C(C)(C)[C@H]7CC[C@H]8C)[C@@]6(C)O5)ccc43)C[C@@H]2OC(=O)c2ccc(C)cc2)cc1. The van der Waals surface area contributed by atoms with E-state index in [4.69, 9.17) is 23.5 Å². The zero-order valence-electron chi connectivity index (χ0n) is 31.7. The van der Waals surface area contributed by atoms with Crippen LogP contribution in [-0.4, -0.2) is 54.1 Å². The van der Waals surface area contributed by atoms with Gasteiger partial charge in [0.1, 0.15) is 25.0 Å². The number of hydrogen-bond acceptors (Lipinski definition) is 7. The number of aryl methyl sites for hydroxylation is 2. The van der Waals surface area contributed by atoms with Gasteiger partial charge in [0.05, 0.1) is 28.3 Å². The van der Waals surface area contributed by atoms with Gasteiger partial charge in [-0.25, -0.2) is 9.59 Å². The van der Waals surface area contributed by atoms with Crippen molar-refractivity contribution in [3.8, 4) is 0 Å². The van der Waals surface area contributed by atoms with Crippen LogP contribution < -0.4 is 5.46 Å². The van der Waals surface area contributed by atoms with Gasteiger partial charge < -0.3 is 28.1 Å². The van der Waals surface area contributed by atoms with Crippen molar-refractivity contribution < 1.29 is 33.1 Å². The molecule has 4 aromatic rings. The molecule has 276 valence electrons. The number of carbonyl (C=O) groups excluding carboxylic acids is 2. The number of carbonyl (C=O) groups is 2. The highest BCUT2D eigenvalue weighted by atomic mass is 16.7. The highest BCUT2D eigenvalue weighted by Gasteiger charge is 2.73. The number of aromatic nitrogens is 1. The van der Waals surface area contributed by atoms with E-state index in [1.165, 1.54) is 19.3 Å². The number of ether oxygens (including phenoxy) is 3. The second-order valence-corrected chi connectivity index (χ2v) is 17.5. The lowest BCUT2D eigenvalue weighted by atomic mass is 9.63. The standard InChI is InChI=1S/C44H50BNO7/c1-26-7-12-29(13-8-26)40(47)49-25-35-34(51-41(48)30-14-9-27(2)10-15-30)22-39(50-35)46-20-19-31-21-32(16-17-33(31)46)45-52-38-24-44-23-37(43(38,6)53-45)42(4,5)36(44)18-11-28(44)3/h7-10,12-17,19-21,28,34-39H,11,18,22-25H2,1-6H3/t28-,34+,35-,36-,37-,38+,39-,43-,44-/m1/s1. The first-order valence-electron chi connectivity index (χ1n) is 19.5. The number of esters is 2. The summed E-state index contributed by atoms with van der Waals surface area (Å²) in [7, 11) is -0.416. The summed E-state index contributed by atoms with van der Waals surface area (Å²) in [6.07, 6.45) is 5.77. The highest BCUT2D eigenvalue weighted by Crippen LogP contribution is 2.74. The minimum atomic E-state index is -0.647. The van der Waals surface area contributed by atoms with Crippen LogP contribution in [0, 0.1) is 42.4 Å². The van der Waals surface area contributed by atoms with Gasteiger partial charge >= 0.3 is 19.1 Å². The molecule has 0 radical (unpaired) electrons. The molecule has 5 fully saturated rings. The van der Waals surface area contributed by atoms with Gasteiger partial charge in [0.2, 0.25) is 0 Å². The van der Waals surface area contributed by atoms with Crippen LogP contribution in [0.4, 0.5) is 0 Å². The van der Waals surface area contributed by atoms with Gasteiger partial charge in [-0.2, -0.15) is 0 Å². The lowest BCUT2D eigenvalue weighted by Gasteiger charge is -2.48. The quantitative estimate of drug-likeness (QED) is 0.142. The van der Waals surface area contributed by atoms with E-state index in [0.29, 0.717) is 28.9 Å². The van der Waals surface area contributed by atoms with Crippen molar-refractivity contribution >= 4 is 35.4 Å². The molecule has 9 atom stereocenters. The van der Waals surface area contributed by atoms with Crippen LogP contribution in [0.2, 0.25) is 0 Å². The Bertz CT molecular complexity index is 2060. The highest BCUT2D eigenvalue weighted by molar-refractivity contribution is 6.62. The van der Waals surface area contributed by atoms with Crippen LogP contribution in [0.1, 0.15) is 97.9 Å². The topological polar surface area (TPSA) is 85.2 Å². The van der Waals surface area contributed by atoms with Gasteiger partial charge in [-0.05, 0) is 122 Å². The Hall–Kier alpha value is -3.92. The molecule has 8 nitrogen and oxygen atoms in total. The van der Waals surface area contributed by atoms with Crippen molar-refractivity contribution in [3.63, 3.8) is 0 Å². The monoisotopic (exact) mass is 715 g/mol. The lowest BCUT2D eigenvalue weighted by molar-refractivity contribution is -0.0767. The summed E-state index contributed by atoms with van der Waals surface area (Å²) in [5.74, 6) is 1.05. The Labute approximate surface area is 312 Å². The fourth-order valence-electron chi connectivity index (χ4n) is 11.3. The van der Waals surface area contributed by atoms with Gasteiger partial charge in [0, 0.05) is 12.6 Å². The average molecular weight is 716 g/mol. The molecule has 5 aliphatic rings. The maximum Gasteiger partial charge on any atom is 0.494 e. The Morgan fingerprint density at radius 1 is 0.868 bits per heavy atom. The van der Waals surface area contributed by atoms with Gasteiger partial charge in [0.15, 0.2) is 0 Å². The van der Waals surface area contributed by atoms with E-state index < -0.39 is 37.5 Å². The Kier molecular flexibility index (Phi) is 8.26. The third-order valence-corrected chi connectivity index (χ3v) is 14.2. The summed E-state index contributed by atoms with van der Waals surface area (Å²) >= 11 is 0. The first kappa shape index (κ1) is 34.8. The molecule has 2 saturated heterocycles. The van der Waals surface area contributed by atoms with Crippen LogP contribution in [0.15, 0.2) is 79.0 Å². The third-order valence-electron chi connectivity index (χ3n) is 14.2. The van der Waals surface area contributed by atoms with Crippen LogP contribution in [0.25, 0.3) is 10.9 Å². The zero-order chi connectivity index (χ0) is 36.9. The van der Waals surface area contributed by atoms with Crippen molar-refractivity contribution in [1.29, 1.82) is 0 Å². The summed E-state index contributed by atoms with van der Waals surface area (Å²) in [6, 6.07) is 23.0. The van der Waals surface area contributed by atoms with Crippen molar-refractivity contribution in [3.05, 3.63) is 101 Å². The van der Waals surface area contributed by atoms with Crippen molar-refractivity contribution in [1.82, 2.24) is 4.57 Å². The molecule has 3 aromatic carbocycles. The molecular formula is C44H50BNO7. The molecule has 2 bridgehead atoms. The first-order valence-corrected chi connectivity index (χ1v) is 19.5. The largest absolute Gasteiger partial charge is 0.494 e. The number of hydrogen-bond donors (Lipinski definition) is 0. The van der Waals surface area contributed by atoms with E-state index in [1.807, 2.05) is 44.3 Å². The van der Waals surface area contributed by atoms with Crippen LogP contribution in [0.5, 0.6) is 0 Å². The molecular weight excluding hydrogens is 665 g/mol. The van der Waals surface area contributed by atoms with Crippen molar-refractivity contribution in [2.45, 2.75) is 104 Å². The van der Waals surface area contributed by atoms with E-state index >= 15 is 0 Å². The van der Waals surface area contributed by atoms with E-state index in [-0.39, 0.29) is 23.7 Å². The van der Waals surface area contributed by atoms with Gasteiger partial charge in [-0.3, -0.25) is 0 Å². The predicted molar refractivity (Wildman–Crippen MR) is 203 cm³/mol. The van der Waals surface area contributed by atoms with Gasteiger partial charge in [-0.1, -0.05) is 68.3 Å². The van der Waals surface area contributed by atoms with E-state index in [1.54, 1.807) is 24.3 Å². The van der Waals surface area contributed by atoms with Crippen LogP contribution >= 0.6 is 0 Å². The fourth-order valence-corrected chi connectivity index (χ4v) is 11.3. The Morgan fingerprint density at radius 3 is 2.28 bits per heavy atom. The van der Waals surface area contributed by atoms with Gasteiger partial charge in [-0.15, -0.1) is 0 Å². The molecule has 3 aliphatic carbocycles. The van der Waals surface area contributed by atoms with Crippen molar-refractivity contribution in [2.24, 2.45) is 28.6 Å². The molecule has 1 spiro atoms. The molecule has 0 amide bonds. The van der Waals surface area contributed by atoms with Crippen LogP contribution in [-0.2, 0) is 23.5 Å². The molecule has 53 heavy (non-hydrogen) atoms. The summed E-state index contributed by atoms with van der Waals surface area (Å²) in [6.45, 7) is 13.6. The minimum Gasteiger partial charge on any atom is -0.459 e. The first-order chi connectivity index (χ1) is 25.4. The molecule has 1 aromatic heterocycles. The second-order valence-electron chi connectivity index (χ2n) is 17.5. The fraction of sp³-hybridized carbons (Fsp3) is 0.500. The normalized spacial score (nSPS) is 33.9. The van der Waals surface area contributed by atoms with Gasteiger partial charge in [0.25, 0.3) is 0 Å². The summed E-state index contributed by atoms with van der Waals surface area (Å²) in [5, 5.41) is 1.05. The number of benzene rings is 3. The Balaban J connectivity index is 0.939. The summed E-state index contributed by atoms with van der Waals surface area (Å²) in [4.78, 5) is 26.2. The van der Waals surface area contributed by atoms with Crippen molar-refractivity contribution in [2.75, 3.05) is 6.61 Å². The summed E-state index contributed by atoms with van der Waals surface area (Å²) in [5.41, 5.74) is 5.32. The molecule has 9 rings (SSSR count). The maximum atomic E-state index is 13.3. The predicted octanol–water partition coefficient (Wildman–Crippen LogP) is 7.98. The molecule has 3 saturated carbocycles. The van der Waals surface area contributed by atoms with E-state index in [9.17, 15) is 9.59 Å². The molecule has 3 heterocycles. The number of nitrogens with zero attached hydrogens (tertiary/aromatic N) is 1.